The molecular weight excluding hydrogens is 406 g/mol. The van der Waals surface area contributed by atoms with E-state index in [1.807, 2.05) is 52.3 Å². The van der Waals surface area contributed by atoms with Gasteiger partial charge < -0.3 is 4.90 Å². The summed E-state index contributed by atoms with van der Waals surface area (Å²) in [6, 6.07) is 18.3. The fourth-order valence-electron chi connectivity index (χ4n) is 4.35. The van der Waals surface area contributed by atoms with Crippen LogP contribution in [-0.2, 0) is 16.0 Å². The first-order valence-electron chi connectivity index (χ1n) is 11.2. The molecule has 5 rings (SSSR count). The SMILES string of the molecule is O=C(C1CC1)N1CCCC(C(=O)N(CCc2ccccc2)c2nc3ccccc3s2)C1. The number of nitrogens with zero attached hydrogens (tertiary/aromatic N) is 3. The molecule has 1 saturated heterocycles. The average Bonchev–Trinajstić information content (AvgIpc) is 3.58. The Kier molecular flexibility index (Phi) is 5.72. The maximum Gasteiger partial charge on any atom is 0.233 e. The average molecular weight is 434 g/mol. The van der Waals surface area contributed by atoms with Crippen molar-refractivity contribution in [3.05, 3.63) is 60.2 Å². The van der Waals surface area contributed by atoms with Crippen molar-refractivity contribution in [3.8, 4) is 0 Å². The molecule has 0 radical (unpaired) electrons. The minimum absolute atomic E-state index is 0.100. The van der Waals surface area contributed by atoms with Crippen molar-refractivity contribution in [1.82, 2.24) is 9.88 Å². The van der Waals surface area contributed by atoms with E-state index in [4.69, 9.17) is 4.98 Å². The Labute approximate surface area is 186 Å². The lowest BCUT2D eigenvalue weighted by atomic mass is 9.96. The number of amides is 2. The van der Waals surface area contributed by atoms with Crippen molar-refractivity contribution in [3.63, 3.8) is 0 Å². The van der Waals surface area contributed by atoms with Gasteiger partial charge in [-0.15, -0.1) is 0 Å². The van der Waals surface area contributed by atoms with Crippen LogP contribution in [0.5, 0.6) is 0 Å². The number of carbonyl (C=O) groups is 2. The molecule has 1 saturated carbocycles. The van der Waals surface area contributed by atoms with Crippen LogP contribution in [0.1, 0.15) is 31.2 Å². The van der Waals surface area contributed by atoms with Crippen molar-refractivity contribution in [2.24, 2.45) is 11.8 Å². The predicted molar refractivity (Wildman–Crippen MR) is 124 cm³/mol. The minimum atomic E-state index is -0.153. The lowest BCUT2D eigenvalue weighted by Crippen LogP contribution is -2.47. The first-order chi connectivity index (χ1) is 15.2. The second-order valence-electron chi connectivity index (χ2n) is 8.59. The number of para-hydroxylation sites is 1. The third-order valence-electron chi connectivity index (χ3n) is 6.26. The van der Waals surface area contributed by atoms with Crippen LogP contribution < -0.4 is 4.90 Å². The van der Waals surface area contributed by atoms with Crippen molar-refractivity contribution >= 4 is 38.5 Å². The van der Waals surface area contributed by atoms with Gasteiger partial charge in [0.2, 0.25) is 11.8 Å². The van der Waals surface area contributed by atoms with Gasteiger partial charge in [0.1, 0.15) is 0 Å². The number of carbonyl (C=O) groups excluding carboxylic acids is 2. The molecule has 1 atom stereocenters. The number of hydrogen-bond donors (Lipinski definition) is 0. The zero-order chi connectivity index (χ0) is 21.2. The summed E-state index contributed by atoms with van der Waals surface area (Å²) in [5, 5.41) is 0.757. The van der Waals surface area contributed by atoms with Crippen molar-refractivity contribution in [1.29, 1.82) is 0 Å². The molecule has 0 N–H and O–H groups in total. The molecule has 1 aliphatic carbocycles. The molecule has 1 aromatic heterocycles. The molecule has 3 aromatic rings. The first-order valence-corrected chi connectivity index (χ1v) is 12.0. The highest BCUT2D eigenvalue weighted by Crippen LogP contribution is 2.34. The van der Waals surface area contributed by atoms with E-state index in [9.17, 15) is 9.59 Å². The summed E-state index contributed by atoms with van der Waals surface area (Å²) in [4.78, 5) is 34.9. The van der Waals surface area contributed by atoms with Gasteiger partial charge in [0.15, 0.2) is 5.13 Å². The fraction of sp³-hybridized carbons (Fsp3) is 0.400. The number of rotatable bonds is 6. The molecule has 1 unspecified atom stereocenters. The Morgan fingerprint density at radius 2 is 1.77 bits per heavy atom. The molecule has 2 heterocycles. The molecule has 2 aromatic carbocycles. The summed E-state index contributed by atoms with van der Waals surface area (Å²) < 4.78 is 1.09. The highest BCUT2D eigenvalue weighted by atomic mass is 32.1. The van der Waals surface area contributed by atoms with Gasteiger partial charge in [-0.1, -0.05) is 53.8 Å². The fourth-order valence-corrected chi connectivity index (χ4v) is 5.35. The third kappa shape index (κ3) is 4.49. The van der Waals surface area contributed by atoms with Gasteiger partial charge in [0, 0.05) is 25.6 Å². The zero-order valence-corrected chi connectivity index (χ0v) is 18.4. The van der Waals surface area contributed by atoms with Crippen LogP contribution in [0.15, 0.2) is 54.6 Å². The van der Waals surface area contributed by atoms with Gasteiger partial charge in [-0.3, -0.25) is 14.5 Å². The van der Waals surface area contributed by atoms with Gasteiger partial charge in [0.05, 0.1) is 16.1 Å². The van der Waals surface area contributed by atoms with Crippen LogP contribution in [0.2, 0.25) is 0 Å². The number of anilines is 1. The Morgan fingerprint density at radius 3 is 2.55 bits per heavy atom. The van der Waals surface area contributed by atoms with E-state index in [0.29, 0.717) is 13.1 Å². The van der Waals surface area contributed by atoms with Gasteiger partial charge in [-0.2, -0.15) is 0 Å². The van der Waals surface area contributed by atoms with Gasteiger partial charge in [-0.25, -0.2) is 4.98 Å². The molecule has 0 bridgehead atoms. The molecular formula is C25H27N3O2S. The summed E-state index contributed by atoms with van der Waals surface area (Å²) in [5.41, 5.74) is 2.13. The maximum absolute atomic E-state index is 13.7. The van der Waals surface area contributed by atoms with Gasteiger partial charge in [-0.05, 0) is 49.8 Å². The van der Waals surface area contributed by atoms with Crippen LogP contribution in [-0.4, -0.2) is 41.3 Å². The minimum Gasteiger partial charge on any atom is -0.342 e. The van der Waals surface area contributed by atoms with Crippen LogP contribution in [0.25, 0.3) is 10.2 Å². The standard InChI is InChI=1S/C25H27N3O2S/c29-23(19-12-13-19)27-15-6-9-20(17-27)24(30)28(16-14-18-7-2-1-3-8-18)25-26-21-10-4-5-11-22(21)31-25/h1-5,7-8,10-11,19-20H,6,9,12-17H2. The quantitative estimate of drug-likeness (QED) is 0.574. The first kappa shape index (κ1) is 20.2. The molecule has 31 heavy (non-hydrogen) atoms. The lowest BCUT2D eigenvalue weighted by molar-refractivity contribution is -0.136. The molecule has 5 nitrogen and oxygen atoms in total. The summed E-state index contributed by atoms with van der Waals surface area (Å²) in [7, 11) is 0. The Bertz CT molecular complexity index is 1040. The van der Waals surface area contributed by atoms with Gasteiger partial charge >= 0.3 is 0 Å². The highest BCUT2D eigenvalue weighted by molar-refractivity contribution is 7.22. The lowest BCUT2D eigenvalue weighted by Gasteiger charge is -2.34. The molecule has 2 fully saturated rings. The Balaban J connectivity index is 1.38. The van der Waals surface area contributed by atoms with Gasteiger partial charge in [0.25, 0.3) is 0 Å². The van der Waals surface area contributed by atoms with E-state index >= 15 is 0 Å². The van der Waals surface area contributed by atoms with Crippen molar-refractivity contribution in [2.45, 2.75) is 32.1 Å². The van der Waals surface area contributed by atoms with Crippen molar-refractivity contribution in [2.75, 3.05) is 24.5 Å². The number of piperidine rings is 1. The monoisotopic (exact) mass is 433 g/mol. The summed E-state index contributed by atoms with van der Waals surface area (Å²) in [5.74, 6) is 0.392. The number of aromatic nitrogens is 1. The van der Waals surface area contributed by atoms with E-state index in [1.165, 1.54) is 5.56 Å². The second-order valence-corrected chi connectivity index (χ2v) is 9.60. The molecule has 0 spiro atoms. The largest absolute Gasteiger partial charge is 0.342 e. The molecule has 160 valence electrons. The highest BCUT2D eigenvalue weighted by Gasteiger charge is 2.38. The van der Waals surface area contributed by atoms with Crippen LogP contribution in [0.3, 0.4) is 0 Å². The Morgan fingerprint density at radius 1 is 1.00 bits per heavy atom. The topological polar surface area (TPSA) is 53.5 Å². The number of hydrogen-bond acceptors (Lipinski definition) is 4. The normalized spacial score (nSPS) is 18.8. The van der Waals surface area contributed by atoms with E-state index in [2.05, 4.69) is 12.1 Å². The van der Waals surface area contributed by atoms with E-state index in [1.54, 1.807) is 11.3 Å². The van der Waals surface area contributed by atoms with Crippen LogP contribution in [0.4, 0.5) is 5.13 Å². The van der Waals surface area contributed by atoms with Crippen LogP contribution >= 0.6 is 11.3 Å². The molecule has 2 amide bonds. The van der Waals surface area contributed by atoms with E-state index in [0.717, 1.165) is 54.0 Å². The predicted octanol–water partition coefficient (Wildman–Crippen LogP) is 4.52. The number of thiazole rings is 1. The van der Waals surface area contributed by atoms with E-state index in [-0.39, 0.29) is 23.7 Å². The second kappa shape index (κ2) is 8.79. The van der Waals surface area contributed by atoms with E-state index < -0.39 is 0 Å². The number of fused-ring (bicyclic) bond motifs is 1. The smallest absolute Gasteiger partial charge is 0.233 e. The number of likely N-dealkylation sites (tertiary alicyclic amines) is 1. The summed E-state index contributed by atoms with van der Waals surface area (Å²) in [6.07, 6.45) is 4.51. The zero-order valence-electron chi connectivity index (χ0n) is 17.6. The molecule has 2 aliphatic rings. The molecule has 6 heteroatoms. The van der Waals surface area contributed by atoms with Crippen LogP contribution in [0, 0.1) is 11.8 Å². The summed E-state index contributed by atoms with van der Waals surface area (Å²) in [6.45, 7) is 1.92. The van der Waals surface area contributed by atoms with Crippen molar-refractivity contribution < 1.29 is 9.59 Å². The Hall–Kier alpha value is -2.73. The molecule has 1 aliphatic heterocycles. The summed E-state index contributed by atoms with van der Waals surface area (Å²) >= 11 is 1.57. The number of benzene rings is 2. The maximum atomic E-state index is 13.7. The third-order valence-corrected chi connectivity index (χ3v) is 7.31.